The molecule has 0 aliphatic carbocycles. The van der Waals surface area contributed by atoms with E-state index in [1.807, 2.05) is 20.8 Å². The Morgan fingerprint density at radius 1 is 1.47 bits per heavy atom. The summed E-state index contributed by atoms with van der Waals surface area (Å²) in [6, 6.07) is 4.73. The second kappa shape index (κ2) is 5.98. The monoisotopic (exact) mass is 319 g/mol. The smallest absolute Gasteiger partial charge is 0.144 e. The highest BCUT2D eigenvalue weighted by molar-refractivity contribution is 9.10. The van der Waals surface area contributed by atoms with Crippen LogP contribution in [0.3, 0.4) is 0 Å². The van der Waals surface area contributed by atoms with Gasteiger partial charge in [-0.05, 0) is 44.5 Å². The molecule has 0 aromatic heterocycles. The highest BCUT2D eigenvalue weighted by Crippen LogP contribution is 2.18. The first-order valence-corrected chi connectivity index (χ1v) is 7.09. The molecule has 0 bridgehead atoms. The predicted octanol–water partition coefficient (Wildman–Crippen LogP) is 3.66. The number of benzene rings is 1. The minimum absolute atomic E-state index is 0.277. The van der Waals surface area contributed by atoms with Crippen molar-refractivity contribution in [3.05, 3.63) is 34.1 Å². The van der Waals surface area contributed by atoms with Gasteiger partial charge < -0.3 is 4.55 Å². The van der Waals surface area contributed by atoms with Crippen molar-refractivity contribution in [2.75, 3.05) is 0 Å². The number of hydrogen-bond donors (Lipinski definition) is 0. The molecule has 1 rings (SSSR count). The van der Waals surface area contributed by atoms with Crippen molar-refractivity contribution in [1.82, 2.24) is 0 Å². The molecule has 1 aromatic carbocycles. The quantitative estimate of drug-likeness (QED) is 0.618. The lowest BCUT2D eigenvalue weighted by atomic mass is 10.1. The number of halogens is 2. The van der Waals surface area contributed by atoms with E-state index in [1.165, 1.54) is 12.3 Å². The Labute approximate surface area is 113 Å². The Kier molecular flexibility index (Phi) is 5.16. The van der Waals surface area contributed by atoms with Gasteiger partial charge in [-0.2, -0.15) is 0 Å². The van der Waals surface area contributed by atoms with Gasteiger partial charge >= 0.3 is 0 Å². The molecule has 0 fully saturated rings. The maximum atomic E-state index is 13.4. The van der Waals surface area contributed by atoms with Gasteiger partial charge in [0.1, 0.15) is 21.9 Å². The molecule has 5 heteroatoms. The summed E-state index contributed by atoms with van der Waals surface area (Å²) < 4.78 is 29.3. The standard InChI is InChI=1S/C12H15BrFNOS/c1-12(2,3)17(16)15-7-6-9-8-10(13)4-5-11(9)14/h4-5,7-8H,6H2,1-3H3/b15-7+. The number of nitrogens with zero attached hydrogens (tertiary/aromatic N) is 1. The summed E-state index contributed by atoms with van der Waals surface area (Å²) in [6.45, 7) is 5.54. The molecular weight excluding hydrogens is 305 g/mol. The fourth-order valence-corrected chi connectivity index (χ4v) is 2.00. The Morgan fingerprint density at radius 2 is 2.12 bits per heavy atom. The van der Waals surface area contributed by atoms with Crippen LogP contribution < -0.4 is 0 Å². The van der Waals surface area contributed by atoms with Crippen molar-refractivity contribution < 1.29 is 8.94 Å². The van der Waals surface area contributed by atoms with Crippen LogP contribution in [0.5, 0.6) is 0 Å². The third kappa shape index (κ3) is 4.77. The van der Waals surface area contributed by atoms with Gasteiger partial charge in [0.15, 0.2) is 0 Å². The van der Waals surface area contributed by atoms with E-state index in [0.29, 0.717) is 12.0 Å². The summed E-state index contributed by atoms with van der Waals surface area (Å²) in [6.07, 6.45) is 1.85. The summed E-state index contributed by atoms with van der Waals surface area (Å²) in [5.74, 6) is -0.277. The molecule has 0 aliphatic heterocycles. The highest BCUT2D eigenvalue weighted by atomic mass is 79.9. The van der Waals surface area contributed by atoms with Crippen molar-refractivity contribution in [3.63, 3.8) is 0 Å². The van der Waals surface area contributed by atoms with E-state index in [2.05, 4.69) is 20.3 Å². The molecular formula is C12H15BrFNOS. The molecule has 0 saturated heterocycles. The lowest BCUT2D eigenvalue weighted by Gasteiger charge is -2.17. The average molecular weight is 320 g/mol. The molecule has 0 heterocycles. The zero-order chi connectivity index (χ0) is 13.1. The van der Waals surface area contributed by atoms with E-state index >= 15 is 0 Å². The van der Waals surface area contributed by atoms with Crippen LogP contribution in [-0.4, -0.2) is 15.5 Å². The van der Waals surface area contributed by atoms with Crippen LogP contribution in [0, 0.1) is 5.82 Å². The SMILES string of the molecule is CC(C)(C)[S+]([O-])/N=C/Cc1cc(Br)ccc1F. The summed E-state index contributed by atoms with van der Waals surface area (Å²) >= 11 is 1.99. The van der Waals surface area contributed by atoms with Crippen LogP contribution in [-0.2, 0) is 17.8 Å². The van der Waals surface area contributed by atoms with Crippen LogP contribution in [0.4, 0.5) is 4.39 Å². The maximum absolute atomic E-state index is 13.4. The van der Waals surface area contributed by atoms with Crippen LogP contribution in [0.2, 0.25) is 0 Å². The van der Waals surface area contributed by atoms with Crippen molar-refractivity contribution in [1.29, 1.82) is 0 Å². The van der Waals surface area contributed by atoms with Crippen LogP contribution >= 0.6 is 15.9 Å². The van der Waals surface area contributed by atoms with Crippen molar-refractivity contribution in [3.8, 4) is 0 Å². The van der Waals surface area contributed by atoms with Gasteiger partial charge in [-0.15, -0.1) is 0 Å². The van der Waals surface area contributed by atoms with E-state index in [1.54, 1.807) is 12.1 Å². The molecule has 0 amide bonds. The minimum Gasteiger partial charge on any atom is -0.591 e. The largest absolute Gasteiger partial charge is 0.591 e. The van der Waals surface area contributed by atoms with Crippen molar-refractivity contribution >= 4 is 33.5 Å². The lowest BCUT2D eigenvalue weighted by Crippen LogP contribution is -2.25. The molecule has 0 radical (unpaired) electrons. The van der Waals surface area contributed by atoms with Crippen LogP contribution in [0.1, 0.15) is 26.3 Å². The third-order valence-corrected chi connectivity index (χ3v) is 3.89. The molecule has 17 heavy (non-hydrogen) atoms. The van der Waals surface area contributed by atoms with Gasteiger partial charge in [0, 0.05) is 10.9 Å². The summed E-state index contributed by atoms with van der Waals surface area (Å²) in [4.78, 5) is 0. The predicted molar refractivity (Wildman–Crippen MR) is 74.2 cm³/mol. The molecule has 0 spiro atoms. The fourth-order valence-electron chi connectivity index (χ4n) is 1.06. The summed E-state index contributed by atoms with van der Waals surface area (Å²) in [5, 5.41) is 0. The average Bonchev–Trinajstić information content (AvgIpc) is 2.21. The molecule has 94 valence electrons. The Hall–Kier alpha value is -0.390. The van der Waals surface area contributed by atoms with Gasteiger partial charge in [0.25, 0.3) is 0 Å². The van der Waals surface area contributed by atoms with Gasteiger partial charge in [-0.25, -0.2) is 4.39 Å². The Morgan fingerprint density at radius 3 is 2.71 bits per heavy atom. The Bertz CT molecular complexity index is 417. The second-order valence-electron chi connectivity index (χ2n) is 4.59. The van der Waals surface area contributed by atoms with Crippen molar-refractivity contribution in [2.45, 2.75) is 31.9 Å². The lowest BCUT2D eigenvalue weighted by molar-refractivity contribution is 0.561. The van der Waals surface area contributed by atoms with E-state index in [9.17, 15) is 8.94 Å². The number of hydrogen-bond acceptors (Lipinski definition) is 2. The van der Waals surface area contributed by atoms with Crippen LogP contribution in [0.15, 0.2) is 27.1 Å². The maximum Gasteiger partial charge on any atom is 0.144 e. The zero-order valence-corrected chi connectivity index (χ0v) is 12.4. The first-order valence-electron chi connectivity index (χ1n) is 5.19. The van der Waals surface area contributed by atoms with Gasteiger partial charge in [-0.3, -0.25) is 0 Å². The summed E-state index contributed by atoms with van der Waals surface area (Å²) in [5.41, 5.74) is 0.536. The molecule has 1 unspecified atom stereocenters. The molecule has 0 N–H and O–H groups in total. The van der Waals surface area contributed by atoms with Crippen molar-refractivity contribution in [2.24, 2.45) is 4.40 Å². The molecule has 2 nitrogen and oxygen atoms in total. The van der Waals surface area contributed by atoms with E-state index in [0.717, 1.165) is 4.47 Å². The summed E-state index contributed by atoms with van der Waals surface area (Å²) in [7, 11) is 0. The van der Waals surface area contributed by atoms with Gasteiger partial charge in [0.05, 0.1) is 6.21 Å². The molecule has 1 atom stereocenters. The number of rotatable bonds is 3. The van der Waals surface area contributed by atoms with E-state index in [-0.39, 0.29) is 10.6 Å². The normalized spacial score (nSPS) is 14.2. The topological polar surface area (TPSA) is 35.4 Å². The van der Waals surface area contributed by atoms with E-state index < -0.39 is 11.4 Å². The zero-order valence-electron chi connectivity index (χ0n) is 10.0. The van der Waals surface area contributed by atoms with Crippen LogP contribution in [0.25, 0.3) is 0 Å². The second-order valence-corrected chi connectivity index (χ2v) is 7.44. The fraction of sp³-hybridized carbons (Fsp3) is 0.417. The first kappa shape index (κ1) is 14.7. The third-order valence-electron chi connectivity index (χ3n) is 2.01. The highest BCUT2D eigenvalue weighted by Gasteiger charge is 2.25. The van der Waals surface area contributed by atoms with Gasteiger partial charge in [0.2, 0.25) is 0 Å². The van der Waals surface area contributed by atoms with Gasteiger partial charge in [-0.1, -0.05) is 20.3 Å². The van der Waals surface area contributed by atoms with E-state index in [4.69, 9.17) is 0 Å². The minimum atomic E-state index is -1.29. The molecule has 1 aromatic rings. The first-order chi connectivity index (χ1) is 7.80. The molecule has 0 saturated carbocycles. The Balaban J connectivity index is 2.67. The molecule has 0 aliphatic rings.